The molecular formula is C11H22O. The molecule has 0 aliphatic heterocycles. The van der Waals surface area contributed by atoms with Gasteiger partial charge in [0.05, 0.1) is 6.10 Å². The van der Waals surface area contributed by atoms with Gasteiger partial charge in [0.25, 0.3) is 0 Å². The highest BCUT2D eigenvalue weighted by Crippen LogP contribution is 2.34. The van der Waals surface area contributed by atoms with Crippen LogP contribution in [0.4, 0.5) is 0 Å². The maximum absolute atomic E-state index is 5.49. The quantitative estimate of drug-likeness (QED) is 0.632. The van der Waals surface area contributed by atoms with Crippen LogP contribution in [0.15, 0.2) is 0 Å². The third-order valence-corrected chi connectivity index (χ3v) is 3.43. The standard InChI is InChI=1S/C11H22O/c1-4-9-6-7-11(12-3)10(5-2)8-9/h9-11H,4-8H2,1-3H3/t9-,10-,11-/m0/s1. The molecule has 1 fully saturated rings. The predicted octanol–water partition coefficient (Wildman–Crippen LogP) is 3.24. The van der Waals surface area contributed by atoms with Gasteiger partial charge in [-0.2, -0.15) is 0 Å². The summed E-state index contributed by atoms with van der Waals surface area (Å²) in [4.78, 5) is 0. The largest absolute Gasteiger partial charge is 0.381 e. The van der Waals surface area contributed by atoms with E-state index in [0.717, 1.165) is 11.8 Å². The molecule has 1 aliphatic rings. The van der Waals surface area contributed by atoms with Gasteiger partial charge in [0.1, 0.15) is 0 Å². The van der Waals surface area contributed by atoms with E-state index in [4.69, 9.17) is 4.74 Å². The minimum atomic E-state index is 0.554. The molecule has 1 rings (SSSR count). The molecule has 0 saturated heterocycles. The van der Waals surface area contributed by atoms with E-state index < -0.39 is 0 Å². The van der Waals surface area contributed by atoms with Crippen LogP contribution in [-0.2, 0) is 4.74 Å². The summed E-state index contributed by atoms with van der Waals surface area (Å²) in [5.41, 5.74) is 0. The Morgan fingerprint density at radius 1 is 1.17 bits per heavy atom. The summed E-state index contributed by atoms with van der Waals surface area (Å²) in [6.45, 7) is 4.60. The van der Waals surface area contributed by atoms with Crippen molar-refractivity contribution in [2.45, 2.75) is 52.1 Å². The van der Waals surface area contributed by atoms with Crippen molar-refractivity contribution < 1.29 is 4.74 Å². The molecule has 0 aromatic heterocycles. The Morgan fingerprint density at radius 2 is 1.92 bits per heavy atom. The maximum Gasteiger partial charge on any atom is 0.0599 e. The molecule has 3 atom stereocenters. The fourth-order valence-corrected chi connectivity index (χ4v) is 2.44. The van der Waals surface area contributed by atoms with Crippen LogP contribution in [0.25, 0.3) is 0 Å². The summed E-state index contributed by atoms with van der Waals surface area (Å²) in [5.74, 6) is 1.80. The van der Waals surface area contributed by atoms with Gasteiger partial charge in [0.2, 0.25) is 0 Å². The summed E-state index contributed by atoms with van der Waals surface area (Å²) in [6, 6.07) is 0. The van der Waals surface area contributed by atoms with Crippen molar-refractivity contribution in [3.63, 3.8) is 0 Å². The molecular weight excluding hydrogens is 148 g/mol. The third kappa shape index (κ3) is 2.22. The predicted molar refractivity (Wildman–Crippen MR) is 52.2 cm³/mol. The lowest BCUT2D eigenvalue weighted by atomic mass is 9.77. The molecule has 1 nitrogen and oxygen atoms in total. The first-order valence-corrected chi connectivity index (χ1v) is 5.34. The van der Waals surface area contributed by atoms with E-state index in [0.29, 0.717) is 6.10 Å². The van der Waals surface area contributed by atoms with Crippen molar-refractivity contribution in [1.29, 1.82) is 0 Å². The first kappa shape index (κ1) is 10.0. The Kier molecular flexibility index (Phi) is 4.07. The van der Waals surface area contributed by atoms with E-state index in [1.807, 2.05) is 7.11 Å². The minimum Gasteiger partial charge on any atom is -0.381 e. The summed E-state index contributed by atoms with van der Waals surface area (Å²) in [7, 11) is 1.86. The van der Waals surface area contributed by atoms with Crippen LogP contribution in [0.1, 0.15) is 46.0 Å². The highest BCUT2D eigenvalue weighted by molar-refractivity contribution is 4.79. The lowest BCUT2D eigenvalue weighted by molar-refractivity contribution is 0.00612. The molecule has 0 spiro atoms. The second-order valence-corrected chi connectivity index (χ2v) is 4.03. The summed E-state index contributed by atoms with van der Waals surface area (Å²) in [6.07, 6.45) is 7.25. The average Bonchev–Trinajstić information content (AvgIpc) is 2.16. The highest BCUT2D eigenvalue weighted by atomic mass is 16.5. The molecule has 0 bridgehead atoms. The first-order valence-electron chi connectivity index (χ1n) is 5.34. The van der Waals surface area contributed by atoms with Gasteiger partial charge in [0, 0.05) is 7.11 Å². The number of hydrogen-bond acceptors (Lipinski definition) is 1. The van der Waals surface area contributed by atoms with Crippen LogP contribution in [0.5, 0.6) is 0 Å². The topological polar surface area (TPSA) is 9.23 Å². The van der Waals surface area contributed by atoms with Crippen LogP contribution in [0, 0.1) is 11.8 Å². The number of hydrogen-bond donors (Lipinski definition) is 0. The van der Waals surface area contributed by atoms with Gasteiger partial charge in [-0.1, -0.05) is 26.7 Å². The summed E-state index contributed by atoms with van der Waals surface area (Å²) < 4.78 is 5.49. The smallest absolute Gasteiger partial charge is 0.0599 e. The zero-order valence-electron chi connectivity index (χ0n) is 8.68. The molecule has 1 aliphatic carbocycles. The van der Waals surface area contributed by atoms with Gasteiger partial charge in [-0.05, 0) is 31.1 Å². The monoisotopic (exact) mass is 170 g/mol. The third-order valence-electron chi connectivity index (χ3n) is 3.43. The molecule has 0 radical (unpaired) electrons. The zero-order valence-corrected chi connectivity index (χ0v) is 8.68. The Bertz CT molecular complexity index is 122. The van der Waals surface area contributed by atoms with Gasteiger partial charge in [0.15, 0.2) is 0 Å². The number of methoxy groups -OCH3 is 1. The zero-order chi connectivity index (χ0) is 8.97. The van der Waals surface area contributed by atoms with E-state index in [-0.39, 0.29) is 0 Å². The van der Waals surface area contributed by atoms with E-state index in [1.54, 1.807) is 0 Å². The van der Waals surface area contributed by atoms with Crippen LogP contribution < -0.4 is 0 Å². The molecule has 0 N–H and O–H groups in total. The van der Waals surface area contributed by atoms with Crippen LogP contribution in [-0.4, -0.2) is 13.2 Å². The fourth-order valence-electron chi connectivity index (χ4n) is 2.44. The lowest BCUT2D eigenvalue weighted by Crippen LogP contribution is -2.30. The van der Waals surface area contributed by atoms with Crippen LogP contribution >= 0.6 is 0 Å². The van der Waals surface area contributed by atoms with Gasteiger partial charge in [-0.25, -0.2) is 0 Å². The molecule has 12 heavy (non-hydrogen) atoms. The minimum absolute atomic E-state index is 0.554. The van der Waals surface area contributed by atoms with Crippen molar-refractivity contribution >= 4 is 0 Å². The SMILES string of the molecule is CC[C@H]1CC[C@H](OC)[C@@H](CC)C1. The second-order valence-electron chi connectivity index (χ2n) is 4.03. The molecule has 0 heterocycles. The Labute approximate surface area is 76.5 Å². The Hall–Kier alpha value is -0.0400. The lowest BCUT2D eigenvalue weighted by Gasteiger charge is -2.34. The van der Waals surface area contributed by atoms with Gasteiger partial charge in [-0.15, -0.1) is 0 Å². The van der Waals surface area contributed by atoms with Crippen molar-refractivity contribution in [1.82, 2.24) is 0 Å². The van der Waals surface area contributed by atoms with Gasteiger partial charge < -0.3 is 4.74 Å². The molecule has 1 heteroatoms. The number of rotatable bonds is 3. The molecule has 0 unspecified atom stereocenters. The molecule has 0 amide bonds. The van der Waals surface area contributed by atoms with E-state index >= 15 is 0 Å². The van der Waals surface area contributed by atoms with Crippen molar-refractivity contribution in [2.24, 2.45) is 11.8 Å². The maximum atomic E-state index is 5.49. The molecule has 1 saturated carbocycles. The van der Waals surface area contributed by atoms with Gasteiger partial charge >= 0.3 is 0 Å². The van der Waals surface area contributed by atoms with Gasteiger partial charge in [-0.3, -0.25) is 0 Å². The van der Waals surface area contributed by atoms with E-state index in [2.05, 4.69) is 13.8 Å². The molecule has 0 aromatic carbocycles. The summed E-state index contributed by atoms with van der Waals surface area (Å²) >= 11 is 0. The first-order chi connectivity index (χ1) is 5.81. The summed E-state index contributed by atoms with van der Waals surface area (Å²) in [5, 5.41) is 0. The van der Waals surface area contributed by atoms with Crippen molar-refractivity contribution in [3.8, 4) is 0 Å². The average molecular weight is 170 g/mol. The van der Waals surface area contributed by atoms with E-state index in [9.17, 15) is 0 Å². The van der Waals surface area contributed by atoms with Crippen LogP contribution in [0.2, 0.25) is 0 Å². The molecule has 72 valence electrons. The number of ether oxygens (including phenoxy) is 1. The Morgan fingerprint density at radius 3 is 2.42 bits per heavy atom. The molecule has 0 aromatic rings. The normalized spacial score (nSPS) is 36.8. The highest BCUT2D eigenvalue weighted by Gasteiger charge is 2.27. The Balaban J connectivity index is 2.41. The fraction of sp³-hybridized carbons (Fsp3) is 1.00. The van der Waals surface area contributed by atoms with E-state index in [1.165, 1.54) is 32.1 Å². The van der Waals surface area contributed by atoms with Crippen LogP contribution in [0.3, 0.4) is 0 Å². The van der Waals surface area contributed by atoms with Crippen molar-refractivity contribution in [2.75, 3.05) is 7.11 Å². The van der Waals surface area contributed by atoms with Crippen molar-refractivity contribution in [3.05, 3.63) is 0 Å². The second kappa shape index (κ2) is 4.86.